The van der Waals surface area contributed by atoms with Crippen LogP contribution in [0.2, 0.25) is 0 Å². The molecule has 1 amide bonds. The van der Waals surface area contributed by atoms with Gasteiger partial charge in [0, 0.05) is 27.8 Å². The Hall–Kier alpha value is -4.04. The first-order valence-corrected chi connectivity index (χ1v) is 10.8. The van der Waals surface area contributed by atoms with Crippen LogP contribution in [-0.4, -0.2) is 21.5 Å². The van der Waals surface area contributed by atoms with Gasteiger partial charge in [-0.05, 0) is 73.7 Å². The Kier molecular flexibility index (Phi) is 6.46. The van der Waals surface area contributed by atoms with Gasteiger partial charge >= 0.3 is 0 Å². The van der Waals surface area contributed by atoms with E-state index in [1.807, 2.05) is 0 Å². The van der Waals surface area contributed by atoms with Crippen LogP contribution >= 0.6 is 11.8 Å². The number of hydrogen-bond donors (Lipinski definition) is 1. The highest BCUT2D eigenvalue weighted by Gasteiger charge is 2.10. The Labute approximate surface area is 193 Å². The number of anilines is 1. The quantitative estimate of drug-likeness (QED) is 0.412. The second-order valence-electron chi connectivity index (χ2n) is 7.12. The van der Waals surface area contributed by atoms with E-state index in [2.05, 4.69) is 10.4 Å². The topological polar surface area (TPSA) is 81.1 Å². The molecule has 1 heterocycles. The molecule has 6 nitrogen and oxygen atoms in total. The van der Waals surface area contributed by atoms with Gasteiger partial charge in [0.15, 0.2) is 5.78 Å². The maximum Gasteiger partial charge on any atom is 0.271 e. The highest BCUT2D eigenvalue weighted by Crippen LogP contribution is 2.25. The van der Waals surface area contributed by atoms with Gasteiger partial charge in [-0.3, -0.25) is 14.4 Å². The molecule has 0 spiro atoms. The van der Waals surface area contributed by atoms with E-state index in [0.29, 0.717) is 27.5 Å². The molecule has 0 unspecified atom stereocenters. The van der Waals surface area contributed by atoms with Crippen molar-refractivity contribution in [2.24, 2.45) is 0 Å². The molecule has 0 aliphatic rings. The van der Waals surface area contributed by atoms with Crippen molar-refractivity contribution in [2.75, 3.05) is 5.32 Å². The number of amides is 1. The molecule has 0 radical (unpaired) electrons. The van der Waals surface area contributed by atoms with Crippen molar-refractivity contribution < 1.29 is 14.0 Å². The largest absolute Gasteiger partial charge is 0.322 e. The van der Waals surface area contributed by atoms with E-state index in [1.165, 1.54) is 41.6 Å². The highest BCUT2D eigenvalue weighted by molar-refractivity contribution is 7.99. The normalized spacial score (nSPS) is 10.6. The standard InChI is InChI=1S/C25H18FN3O3S/c1-16(30)18-3-2-4-20(15-18)27-25(32)17-5-9-21(10-6-17)29-24(31)14-13-23(28-29)33-22-11-7-19(26)8-12-22/h2-15H,1H3,(H,27,32). The molecule has 1 aromatic heterocycles. The summed E-state index contributed by atoms with van der Waals surface area (Å²) in [6.45, 7) is 1.46. The Balaban J connectivity index is 1.52. The van der Waals surface area contributed by atoms with E-state index < -0.39 is 0 Å². The second-order valence-corrected chi connectivity index (χ2v) is 8.21. The monoisotopic (exact) mass is 459 g/mol. The molecule has 0 aliphatic carbocycles. The van der Waals surface area contributed by atoms with E-state index in [-0.39, 0.29) is 23.1 Å². The maximum absolute atomic E-state index is 13.1. The summed E-state index contributed by atoms with van der Waals surface area (Å²) >= 11 is 1.30. The number of carbonyl (C=O) groups excluding carboxylic acids is 2. The van der Waals surface area contributed by atoms with Crippen molar-refractivity contribution in [3.63, 3.8) is 0 Å². The molecule has 0 saturated carbocycles. The summed E-state index contributed by atoms with van der Waals surface area (Å²) in [4.78, 5) is 37.2. The molecule has 3 aromatic carbocycles. The van der Waals surface area contributed by atoms with Gasteiger partial charge in [-0.25, -0.2) is 4.39 Å². The van der Waals surface area contributed by atoms with Crippen LogP contribution in [0.4, 0.5) is 10.1 Å². The van der Waals surface area contributed by atoms with Gasteiger partial charge in [-0.15, -0.1) is 0 Å². The Morgan fingerprint density at radius 1 is 0.909 bits per heavy atom. The molecule has 0 saturated heterocycles. The minimum Gasteiger partial charge on any atom is -0.322 e. The molecule has 8 heteroatoms. The summed E-state index contributed by atoms with van der Waals surface area (Å²) in [6, 6.07) is 22.1. The first-order valence-electron chi connectivity index (χ1n) is 9.96. The van der Waals surface area contributed by atoms with E-state index in [4.69, 9.17) is 0 Å². The smallest absolute Gasteiger partial charge is 0.271 e. The summed E-state index contributed by atoms with van der Waals surface area (Å²) in [5.41, 5.74) is 1.58. The van der Waals surface area contributed by atoms with E-state index in [0.717, 1.165) is 4.90 Å². The number of Topliss-reactive ketones (excluding diaryl/α,β-unsaturated/α-hetero) is 1. The molecular weight excluding hydrogens is 441 g/mol. The molecule has 33 heavy (non-hydrogen) atoms. The number of nitrogens with one attached hydrogen (secondary N) is 1. The molecule has 1 N–H and O–H groups in total. The molecule has 0 aliphatic heterocycles. The zero-order chi connectivity index (χ0) is 23.4. The fourth-order valence-electron chi connectivity index (χ4n) is 3.03. The van der Waals surface area contributed by atoms with Gasteiger partial charge in [0.05, 0.1) is 5.69 Å². The van der Waals surface area contributed by atoms with Crippen LogP contribution in [-0.2, 0) is 0 Å². The third-order valence-electron chi connectivity index (χ3n) is 4.71. The van der Waals surface area contributed by atoms with E-state index >= 15 is 0 Å². The second kappa shape index (κ2) is 9.62. The number of ketones is 1. The van der Waals surface area contributed by atoms with Crippen molar-refractivity contribution in [1.29, 1.82) is 0 Å². The number of carbonyl (C=O) groups is 2. The van der Waals surface area contributed by atoms with Crippen molar-refractivity contribution in [3.8, 4) is 5.69 Å². The van der Waals surface area contributed by atoms with Crippen molar-refractivity contribution in [3.05, 3.63) is 112 Å². The number of rotatable bonds is 6. The number of nitrogens with zero attached hydrogens (tertiary/aromatic N) is 2. The molecule has 0 atom stereocenters. The first kappa shape index (κ1) is 22.2. The number of hydrogen-bond acceptors (Lipinski definition) is 5. The lowest BCUT2D eigenvalue weighted by atomic mass is 10.1. The van der Waals surface area contributed by atoms with Gasteiger partial charge in [-0.1, -0.05) is 23.9 Å². The van der Waals surface area contributed by atoms with E-state index in [9.17, 15) is 18.8 Å². The predicted molar refractivity (Wildman–Crippen MR) is 125 cm³/mol. The van der Waals surface area contributed by atoms with Crippen LogP contribution < -0.4 is 10.9 Å². The van der Waals surface area contributed by atoms with Crippen LogP contribution in [0.3, 0.4) is 0 Å². The average Bonchev–Trinajstić information content (AvgIpc) is 2.82. The summed E-state index contributed by atoms with van der Waals surface area (Å²) < 4.78 is 14.4. The third kappa shape index (κ3) is 5.42. The van der Waals surface area contributed by atoms with Crippen molar-refractivity contribution >= 4 is 29.1 Å². The molecule has 4 aromatic rings. The fourth-order valence-corrected chi connectivity index (χ4v) is 3.80. The molecule has 0 bridgehead atoms. The fraction of sp³-hybridized carbons (Fsp3) is 0.0400. The minimum atomic E-state index is -0.344. The molecular formula is C25H18FN3O3S. The predicted octanol–water partition coefficient (Wildman–Crippen LogP) is 4.98. The van der Waals surface area contributed by atoms with Gasteiger partial charge in [0.2, 0.25) is 0 Å². The first-order chi connectivity index (χ1) is 15.9. The average molecular weight is 460 g/mol. The zero-order valence-electron chi connectivity index (χ0n) is 17.5. The molecule has 164 valence electrons. The number of halogens is 1. The third-order valence-corrected chi connectivity index (χ3v) is 5.65. The lowest BCUT2D eigenvalue weighted by Gasteiger charge is -2.09. The van der Waals surface area contributed by atoms with Crippen LogP contribution in [0.1, 0.15) is 27.6 Å². The Morgan fingerprint density at radius 2 is 1.64 bits per heavy atom. The van der Waals surface area contributed by atoms with E-state index in [1.54, 1.807) is 66.7 Å². The van der Waals surface area contributed by atoms with Crippen molar-refractivity contribution in [1.82, 2.24) is 9.78 Å². The summed E-state index contributed by atoms with van der Waals surface area (Å²) in [5, 5.41) is 7.69. The Bertz CT molecular complexity index is 1380. The highest BCUT2D eigenvalue weighted by atomic mass is 32.2. The number of benzene rings is 3. The molecule has 4 rings (SSSR count). The van der Waals surface area contributed by atoms with Crippen LogP contribution in [0, 0.1) is 5.82 Å². The van der Waals surface area contributed by atoms with Gasteiger partial charge in [0.1, 0.15) is 10.8 Å². The zero-order valence-corrected chi connectivity index (χ0v) is 18.3. The maximum atomic E-state index is 13.1. The van der Waals surface area contributed by atoms with Crippen LogP contribution in [0.25, 0.3) is 5.69 Å². The van der Waals surface area contributed by atoms with Gasteiger partial charge in [0.25, 0.3) is 11.5 Å². The summed E-state index contributed by atoms with van der Waals surface area (Å²) in [6.07, 6.45) is 0. The number of aromatic nitrogens is 2. The lowest BCUT2D eigenvalue weighted by molar-refractivity contribution is 0.101. The van der Waals surface area contributed by atoms with Gasteiger partial charge in [-0.2, -0.15) is 9.78 Å². The summed E-state index contributed by atoms with van der Waals surface area (Å²) in [5.74, 6) is -0.760. The summed E-state index contributed by atoms with van der Waals surface area (Å²) in [7, 11) is 0. The van der Waals surface area contributed by atoms with Gasteiger partial charge < -0.3 is 5.32 Å². The van der Waals surface area contributed by atoms with Crippen molar-refractivity contribution in [2.45, 2.75) is 16.8 Å². The lowest BCUT2D eigenvalue weighted by Crippen LogP contribution is -2.20. The van der Waals surface area contributed by atoms with Crippen LogP contribution in [0.5, 0.6) is 0 Å². The van der Waals surface area contributed by atoms with Crippen LogP contribution in [0.15, 0.2) is 99.6 Å². The SMILES string of the molecule is CC(=O)c1cccc(NC(=O)c2ccc(-n3nc(Sc4ccc(F)cc4)ccc3=O)cc2)c1. The Morgan fingerprint density at radius 3 is 2.33 bits per heavy atom. The molecule has 0 fully saturated rings. The minimum absolute atomic E-state index is 0.0896.